The second-order valence-electron chi connectivity index (χ2n) is 3.20. The first kappa shape index (κ1) is 10.4. The van der Waals surface area contributed by atoms with Gasteiger partial charge in [0.2, 0.25) is 0 Å². The van der Waals surface area contributed by atoms with Gasteiger partial charge in [-0.15, -0.1) is 0 Å². The van der Waals surface area contributed by atoms with Gasteiger partial charge in [0.05, 0.1) is 10.7 Å². The average Bonchev–Trinajstić information content (AvgIpc) is 2.59. The number of furan rings is 1. The van der Waals surface area contributed by atoms with Gasteiger partial charge in [-0.05, 0) is 35.4 Å². The summed E-state index contributed by atoms with van der Waals surface area (Å²) in [4.78, 5) is 0. The number of hydrogen-bond donors (Lipinski definition) is 1. The number of nitrogens with two attached hydrogens (primary N) is 1. The molecule has 2 aromatic rings. The first-order chi connectivity index (χ1) is 7.16. The molecule has 0 atom stereocenters. The van der Waals surface area contributed by atoms with Gasteiger partial charge in [0.25, 0.3) is 0 Å². The fraction of sp³-hybridized carbons (Fsp3) is 0.0909. The van der Waals surface area contributed by atoms with Crippen LogP contribution in [0.25, 0.3) is 0 Å². The smallest absolute Gasteiger partial charge is 0.193 e. The van der Waals surface area contributed by atoms with Gasteiger partial charge in [0, 0.05) is 6.42 Å². The van der Waals surface area contributed by atoms with E-state index in [1.54, 1.807) is 12.1 Å². The van der Waals surface area contributed by atoms with Crippen LogP contribution in [0.1, 0.15) is 11.3 Å². The van der Waals surface area contributed by atoms with Crippen LogP contribution in [0.4, 0.5) is 5.69 Å². The Kier molecular flexibility index (Phi) is 2.89. The standard InChI is InChI=1S/C11H9Cl2NO/c12-9-3-1-2-7(11(9)14)6-8-4-5-10(13)15-8/h1-5H,6,14H2. The summed E-state index contributed by atoms with van der Waals surface area (Å²) >= 11 is 11.6. The van der Waals surface area contributed by atoms with Crippen LogP contribution in [0.15, 0.2) is 34.7 Å². The van der Waals surface area contributed by atoms with Crippen LogP contribution >= 0.6 is 23.2 Å². The van der Waals surface area contributed by atoms with Crippen LogP contribution in [0.2, 0.25) is 10.2 Å². The maximum atomic E-state index is 5.90. The molecule has 0 bridgehead atoms. The van der Waals surface area contributed by atoms with Crippen molar-refractivity contribution in [1.29, 1.82) is 0 Å². The van der Waals surface area contributed by atoms with E-state index in [1.807, 2.05) is 18.2 Å². The molecule has 0 fully saturated rings. The molecule has 0 aliphatic carbocycles. The molecule has 0 radical (unpaired) electrons. The minimum absolute atomic E-state index is 0.380. The zero-order valence-corrected chi connectivity index (χ0v) is 9.35. The van der Waals surface area contributed by atoms with Crippen molar-refractivity contribution in [1.82, 2.24) is 0 Å². The Morgan fingerprint density at radius 2 is 1.93 bits per heavy atom. The molecule has 78 valence electrons. The normalized spacial score (nSPS) is 10.5. The topological polar surface area (TPSA) is 39.2 Å². The predicted molar refractivity (Wildman–Crippen MR) is 62.4 cm³/mol. The maximum Gasteiger partial charge on any atom is 0.193 e. The lowest BCUT2D eigenvalue weighted by atomic mass is 10.1. The summed E-state index contributed by atoms with van der Waals surface area (Å²) in [6.07, 6.45) is 0.596. The van der Waals surface area contributed by atoms with Gasteiger partial charge in [-0.3, -0.25) is 0 Å². The van der Waals surface area contributed by atoms with Gasteiger partial charge < -0.3 is 10.2 Å². The fourth-order valence-electron chi connectivity index (χ4n) is 1.37. The second kappa shape index (κ2) is 4.17. The van der Waals surface area contributed by atoms with Gasteiger partial charge >= 0.3 is 0 Å². The third-order valence-electron chi connectivity index (χ3n) is 2.14. The van der Waals surface area contributed by atoms with Crippen LogP contribution in [-0.4, -0.2) is 0 Å². The highest BCUT2D eigenvalue weighted by Crippen LogP contribution is 2.25. The molecule has 0 amide bonds. The first-order valence-electron chi connectivity index (χ1n) is 4.44. The lowest BCUT2D eigenvalue weighted by Crippen LogP contribution is -1.95. The second-order valence-corrected chi connectivity index (χ2v) is 3.97. The molecule has 0 aliphatic heterocycles. The zero-order valence-electron chi connectivity index (χ0n) is 7.84. The maximum absolute atomic E-state index is 5.90. The Hall–Kier alpha value is -1.12. The summed E-state index contributed by atoms with van der Waals surface area (Å²) in [6, 6.07) is 9.06. The number of hydrogen-bond acceptors (Lipinski definition) is 2. The van der Waals surface area contributed by atoms with E-state index in [9.17, 15) is 0 Å². The summed E-state index contributed by atoms with van der Waals surface area (Å²) in [5.74, 6) is 0.772. The van der Waals surface area contributed by atoms with Crippen molar-refractivity contribution in [3.05, 3.63) is 51.9 Å². The molecule has 1 aromatic heterocycles. The largest absolute Gasteiger partial charge is 0.449 e. The van der Waals surface area contributed by atoms with E-state index >= 15 is 0 Å². The highest BCUT2D eigenvalue weighted by Gasteiger charge is 2.06. The van der Waals surface area contributed by atoms with E-state index in [-0.39, 0.29) is 0 Å². The molecule has 4 heteroatoms. The first-order valence-corrected chi connectivity index (χ1v) is 5.19. The highest BCUT2D eigenvalue weighted by molar-refractivity contribution is 6.33. The predicted octanol–water partition coefficient (Wildman–Crippen LogP) is 3.76. The Morgan fingerprint density at radius 3 is 2.60 bits per heavy atom. The highest BCUT2D eigenvalue weighted by atomic mass is 35.5. The summed E-state index contributed by atoms with van der Waals surface area (Å²) in [6.45, 7) is 0. The summed E-state index contributed by atoms with van der Waals surface area (Å²) in [7, 11) is 0. The van der Waals surface area contributed by atoms with E-state index in [1.165, 1.54) is 0 Å². The molecule has 2 rings (SSSR count). The quantitative estimate of drug-likeness (QED) is 0.814. The van der Waals surface area contributed by atoms with E-state index < -0.39 is 0 Å². The van der Waals surface area contributed by atoms with Crippen molar-refractivity contribution < 1.29 is 4.42 Å². The van der Waals surface area contributed by atoms with E-state index in [2.05, 4.69) is 0 Å². The molecule has 0 saturated carbocycles. The molecule has 1 aromatic carbocycles. The van der Waals surface area contributed by atoms with Crippen molar-refractivity contribution in [2.24, 2.45) is 0 Å². The van der Waals surface area contributed by atoms with Crippen LogP contribution < -0.4 is 5.73 Å². The number of halogens is 2. The van der Waals surface area contributed by atoms with E-state index in [4.69, 9.17) is 33.4 Å². The third-order valence-corrected chi connectivity index (χ3v) is 2.67. The van der Waals surface area contributed by atoms with Crippen LogP contribution in [0.3, 0.4) is 0 Å². The van der Waals surface area contributed by atoms with Crippen LogP contribution in [0, 0.1) is 0 Å². The molecule has 15 heavy (non-hydrogen) atoms. The molecular weight excluding hydrogens is 233 g/mol. The average molecular weight is 242 g/mol. The van der Waals surface area contributed by atoms with Gasteiger partial charge in [-0.2, -0.15) is 0 Å². The number of nitrogen functional groups attached to an aromatic ring is 1. The number of para-hydroxylation sites is 1. The molecule has 2 N–H and O–H groups in total. The van der Waals surface area contributed by atoms with Crippen molar-refractivity contribution in [3.8, 4) is 0 Å². The third kappa shape index (κ3) is 2.28. The van der Waals surface area contributed by atoms with E-state index in [0.717, 1.165) is 11.3 Å². The van der Waals surface area contributed by atoms with Gasteiger partial charge in [-0.25, -0.2) is 0 Å². The van der Waals surface area contributed by atoms with Crippen LogP contribution in [-0.2, 0) is 6.42 Å². The molecule has 0 spiro atoms. The molecular formula is C11H9Cl2NO. The number of benzene rings is 1. The summed E-state index contributed by atoms with van der Waals surface area (Å²) in [5.41, 5.74) is 7.36. The van der Waals surface area contributed by atoms with Crippen molar-refractivity contribution >= 4 is 28.9 Å². The SMILES string of the molecule is Nc1c(Cl)cccc1Cc1ccc(Cl)o1. The number of rotatable bonds is 2. The Bertz CT molecular complexity index is 479. The molecule has 0 aliphatic rings. The zero-order chi connectivity index (χ0) is 10.8. The Balaban J connectivity index is 2.28. The van der Waals surface area contributed by atoms with Gasteiger partial charge in [-0.1, -0.05) is 23.7 Å². The van der Waals surface area contributed by atoms with Crippen molar-refractivity contribution in [3.63, 3.8) is 0 Å². The lowest BCUT2D eigenvalue weighted by Gasteiger charge is -2.04. The Morgan fingerprint density at radius 1 is 1.13 bits per heavy atom. The summed E-state index contributed by atoms with van der Waals surface area (Å²) < 4.78 is 5.25. The monoisotopic (exact) mass is 241 g/mol. The fourth-order valence-corrected chi connectivity index (χ4v) is 1.73. The van der Waals surface area contributed by atoms with E-state index in [0.29, 0.717) is 22.4 Å². The van der Waals surface area contributed by atoms with Crippen molar-refractivity contribution in [2.75, 3.05) is 5.73 Å². The molecule has 0 unspecified atom stereocenters. The minimum Gasteiger partial charge on any atom is -0.449 e. The molecule has 0 saturated heterocycles. The molecule has 1 heterocycles. The van der Waals surface area contributed by atoms with Gasteiger partial charge in [0.15, 0.2) is 5.22 Å². The minimum atomic E-state index is 0.380. The number of anilines is 1. The summed E-state index contributed by atoms with van der Waals surface area (Å²) in [5, 5.41) is 0.941. The van der Waals surface area contributed by atoms with Crippen LogP contribution in [0.5, 0.6) is 0 Å². The van der Waals surface area contributed by atoms with Crippen molar-refractivity contribution in [2.45, 2.75) is 6.42 Å². The lowest BCUT2D eigenvalue weighted by molar-refractivity contribution is 0.523. The molecule has 2 nitrogen and oxygen atoms in total. The Labute approximate surface area is 97.6 Å². The van der Waals surface area contributed by atoms with Gasteiger partial charge in [0.1, 0.15) is 5.76 Å².